The summed E-state index contributed by atoms with van der Waals surface area (Å²) in [5.74, 6) is 0. The summed E-state index contributed by atoms with van der Waals surface area (Å²) < 4.78 is 28.4. The molecule has 0 aliphatic heterocycles. The summed E-state index contributed by atoms with van der Waals surface area (Å²) in [6.07, 6.45) is 3.12. The van der Waals surface area contributed by atoms with Gasteiger partial charge >= 0.3 is 0 Å². The molecule has 7 nitrogen and oxygen atoms in total. The van der Waals surface area contributed by atoms with E-state index in [-0.39, 0.29) is 17.1 Å². The number of nitrogens with zero attached hydrogens (tertiary/aromatic N) is 4. The Labute approximate surface area is 116 Å². The maximum Gasteiger partial charge on any atom is 0.243 e. The Morgan fingerprint density at radius 1 is 1.50 bits per heavy atom. The highest BCUT2D eigenvalue weighted by molar-refractivity contribution is 7.89. The Morgan fingerprint density at radius 2 is 2.25 bits per heavy atom. The van der Waals surface area contributed by atoms with Crippen LogP contribution in [0.1, 0.15) is 17.0 Å². The molecule has 20 heavy (non-hydrogen) atoms. The third kappa shape index (κ3) is 2.84. The van der Waals surface area contributed by atoms with Crippen LogP contribution in [0, 0.1) is 18.3 Å². The van der Waals surface area contributed by atoms with Gasteiger partial charge in [0.25, 0.3) is 0 Å². The monoisotopic (exact) mass is 291 g/mol. The van der Waals surface area contributed by atoms with Gasteiger partial charge in [0.15, 0.2) is 5.69 Å². The number of aryl methyl sites for hydroxylation is 2. The number of sulfonamides is 1. The molecule has 0 aliphatic rings. The van der Waals surface area contributed by atoms with Gasteiger partial charge in [-0.05, 0) is 19.1 Å². The fraction of sp³-hybridized carbons (Fsp3) is 0.250. The minimum absolute atomic E-state index is 0.113. The zero-order valence-electron chi connectivity index (χ0n) is 11.0. The molecule has 0 aliphatic carbocycles. The summed E-state index contributed by atoms with van der Waals surface area (Å²) in [6.45, 7) is 1.91. The smallest absolute Gasteiger partial charge is 0.243 e. The van der Waals surface area contributed by atoms with Crippen molar-refractivity contribution in [1.29, 1.82) is 5.26 Å². The van der Waals surface area contributed by atoms with E-state index in [1.54, 1.807) is 30.9 Å². The second kappa shape index (κ2) is 5.40. The molecule has 0 aromatic carbocycles. The first-order valence-corrected chi connectivity index (χ1v) is 7.26. The van der Waals surface area contributed by atoms with Crippen LogP contribution in [0.4, 0.5) is 0 Å². The Morgan fingerprint density at radius 3 is 2.85 bits per heavy atom. The number of nitrogens with one attached hydrogen (secondary N) is 1. The van der Waals surface area contributed by atoms with Gasteiger partial charge in [0.05, 0.1) is 5.69 Å². The van der Waals surface area contributed by atoms with E-state index < -0.39 is 10.0 Å². The molecule has 2 heterocycles. The maximum absolute atomic E-state index is 12.2. The van der Waals surface area contributed by atoms with Crippen molar-refractivity contribution < 1.29 is 8.42 Å². The molecule has 0 amide bonds. The van der Waals surface area contributed by atoms with E-state index in [1.165, 1.54) is 18.3 Å². The number of rotatable bonds is 4. The van der Waals surface area contributed by atoms with Gasteiger partial charge in [0, 0.05) is 31.5 Å². The highest BCUT2D eigenvalue weighted by Gasteiger charge is 2.19. The summed E-state index contributed by atoms with van der Waals surface area (Å²) in [7, 11) is -2.02. The summed E-state index contributed by atoms with van der Waals surface area (Å²) in [5.41, 5.74) is 1.41. The topological polar surface area (TPSA) is 101 Å². The predicted molar refractivity (Wildman–Crippen MR) is 70.9 cm³/mol. The second-order valence-corrected chi connectivity index (χ2v) is 5.94. The molecule has 0 spiro atoms. The Bertz CT molecular complexity index is 773. The standard InChI is InChI=1S/C12H13N5O2S/c1-9-10(8-17(2)16-9)7-15-20(18,19)12-4-3-5-14-11(12)6-13/h3-5,8,15H,7H2,1-2H3. The molecule has 8 heteroatoms. The van der Waals surface area contributed by atoms with Crippen LogP contribution in [0.5, 0.6) is 0 Å². The third-order valence-electron chi connectivity index (χ3n) is 2.73. The summed E-state index contributed by atoms with van der Waals surface area (Å²) in [6, 6.07) is 4.60. The molecule has 2 aromatic rings. The van der Waals surface area contributed by atoms with Crippen LogP contribution in [-0.2, 0) is 23.6 Å². The normalized spacial score (nSPS) is 11.2. The molecule has 1 N–H and O–H groups in total. The number of aromatic nitrogens is 3. The zero-order valence-corrected chi connectivity index (χ0v) is 11.8. The predicted octanol–water partition coefficient (Wildman–Crippen LogP) is 0.474. The first-order chi connectivity index (χ1) is 9.44. The van der Waals surface area contributed by atoms with Gasteiger partial charge < -0.3 is 0 Å². The first kappa shape index (κ1) is 14.2. The average molecular weight is 291 g/mol. The van der Waals surface area contributed by atoms with Crippen molar-refractivity contribution in [2.45, 2.75) is 18.4 Å². The van der Waals surface area contributed by atoms with E-state index in [2.05, 4.69) is 14.8 Å². The molecular formula is C12H13N5O2S. The lowest BCUT2D eigenvalue weighted by Crippen LogP contribution is -2.24. The third-order valence-corrected chi connectivity index (χ3v) is 4.17. The summed E-state index contributed by atoms with van der Waals surface area (Å²) >= 11 is 0. The van der Waals surface area contributed by atoms with Crippen LogP contribution in [0.25, 0.3) is 0 Å². The minimum Gasteiger partial charge on any atom is -0.275 e. The molecule has 0 atom stereocenters. The van der Waals surface area contributed by atoms with Crippen molar-refractivity contribution in [3.05, 3.63) is 41.5 Å². The second-order valence-electron chi connectivity index (χ2n) is 4.20. The highest BCUT2D eigenvalue weighted by Crippen LogP contribution is 2.13. The van der Waals surface area contributed by atoms with Gasteiger partial charge in [-0.3, -0.25) is 4.68 Å². The van der Waals surface area contributed by atoms with E-state index in [9.17, 15) is 8.42 Å². The molecule has 2 aromatic heterocycles. The zero-order chi connectivity index (χ0) is 14.8. The number of nitriles is 1. The number of hydrogen-bond acceptors (Lipinski definition) is 5. The quantitative estimate of drug-likeness (QED) is 0.882. The van der Waals surface area contributed by atoms with Gasteiger partial charge in [-0.15, -0.1) is 0 Å². The van der Waals surface area contributed by atoms with Crippen LogP contribution < -0.4 is 4.72 Å². The molecule has 0 saturated carbocycles. The summed E-state index contributed by atoms with van der Waals surface area (Å²) in [4.78, 5) is 3.62. The highest BCUT2D eigenvalue weighted by atomic mass is 32.2. The molecular weight excluding hydrogens is 278 g/mol. The maximum atomic E-state index is 12.2. The molecule has 0 fully saturated rings. The van der Waals surface area contributed by atoms with Crippen LogP contribution in [0.3, 0.4) is 0 Å². The Kier molecular flexibility index (Phi) is 3.83. The van der Waals surface area contributed by atoms with E-state index in [0.717, 1.165) is 11.3 Å². The molecule has 104 valence electrons. The van der Waals surface area contributed by atoms with E-state index in [1.807, 2.05) is 0 Å². The minimum atomic E-state index is -3.78. The number of pyridine rings is 1. The molecule has 0 unspecified atom stereocenters. The Balaban J connectivity index is 2.24. The van der Waals surface area contributed by atoms with E-state index in [4.69, 9.17) is 5.26 Å². The Hall–Kier alpha value is -2.24. The SMILES string of the molecule is Cc1nn(C)cc1CNS(=O)(=O)c1cccnc1C#N. The van der Waals surface area contributed by atoms with Gasteiger partial charge in [0.1, 0.15) is 11.0 Å². The molecule has 0 bridgehead atoms. The lowest BCUT2D eigenvalue weighted by Gasteiger charge is -2.06. The van der Waals surface area contributed by atoms with E-state index in [0.29, 0.717) is 0 Å². The van der Waals surface area contributed by atoms with Crippen LogP contribution in [0.15, 0.2) is 29.4 Å². The van der Waals surface area contributed by atoms with Gasteiger partial charge in [0.2, 0.25) is 10.0 Å². The van der Waals surface area contributed by atoms with Crippen molar-refractivity contribution in [2.24, 2.45) is 7.05 Å². The average Bonchev–Trinajstić information content (AvgIpc) is 2.75. The first-order valence-electron chi connectivity index (χ1n) is 5.78. The van der Waals surface area contributed by atoms with Gasteiger partial charge in [-0.2, -0.15) is 10.4 Å². The van der Waals surface area contributed by atoms with Crippen molar-refractivity contribution in [1.82, 2.24) is 19.5 Å². The van der Waals surface area contributed by atoms with Gasteiger partial charge in [-0.25, -0.2) is 18.1 Å². The molecule has 0 saturated heterocycles. The summed E-state index contributed by atoms with van der Waals surface area (Å²) in [5, 5.41) is 13.0. The van der Waals surface area contributed by atoms with Crippen LogP contribution in [-0.4, -0.2) is 23.2 Å². The lowest BCUT2D eigenvalue weighted by atomic mass is 10.3. The van der Waals surface area contributed by atoms with Crippen molar-refractivity contribution in [3.8, 4) is 6.07 Å². The fourth-order valence-electron chi connectivity index (χ4n) is 1.76. The van der Waals surface area contributed by atoms with Crippen LogP contribution in [0.2, 0.25) is 0 Å². The van der Waals surface area contributed by atoms with Crippen molar-refractivity contribution >= 4 is 10.0 Å². The fourth-order valence-corrected chi connectivity index (χ4v) is 2.88. The number of hydrogen-bond donors (Lipinski definition) is 1. The van der Waals surface area contributed by atoms with Crippen molar-refractivity contribution in [3.63, 3.8) is 0 Å². The molecule has 2 rings (SSSR count). The lowest BCUT2D eigenvalue weighted by molar-refractivity contribution is 0.580. The van der Waals surface area contributed by atoms with Crippen LogP contribution >= 0.6 is 0 Å². The van der Waals surface area contributed by atoms with E-state index >= 15 is 0 Å². The van der Waals surface area contributed by atoms with Gasteiger partial charge in [-0.1, -0.05) is 0 Å². The molecule has 0 radical (unpaired) electrons. The largest absolute Gasteiger partial charge is 0.275 e. The van der Waals surface area contributed by atoms with Crippen molar-refractivity contribution in [2.75, 3.05) is 0 Å².